The average Bonchev–Trinajstić information content (AvgIpc) is 3.35. The summed E-state index contributed by atoms with van der Waals surface area (Å²) in [5, 5.41) is 7.86. The van der Waals surface area contributed by atoms with Crippen molar-refractivity contribution in [2.24, 2.45) is 0 Å². The minimum atomic E-state index is -0.435. The summed E-state index contributed by atoms with van der Waals surface area (Å²) >= 11 is 5.70. The molecular formula is C26H20F2N4O2S. The first-order chi connectivity index (χ1) is 16.9. The Kier molecular flexibility index (Phi) is 6.00. The zero-order chi connectivity index (χ0) is 24.5. The molecule has 0 aliphatic carbocycles. The third-order valence-corrected chi connectivity index (χ3v) is 6.04. The minimum absolute atomic E-state index is 0.247. The summed E-state index contributed by atoms with van der Waals surface area (Å²) in [5.41, 5.74) is 3.43. The number of halogens is 2. The van der Waals surface area contributed by atoms with E-state index in [2.05, 4.69) is 15.5 Å². The molecule has 176 valence electrons. The van der Waals surface area contributed by atoms with Crippen LogP contribution in [0.25, 0.3) is 17.0 Å². The maximum Gasteiger partial charge on any atom is 0.258 e. The molecule has 1 aliphatic rings. The molecule has 0 fully saturated rings. The van der Waals surface area contributed by atoms with Gasteiger partial charge in [-0.15, -0.1) is 0 Å². The third kappa shape index (κ3) is 4.38. The fourth-order valence-corrected chi connectivity index (χ4v) is 4.43. The first kappa shape index (κ1) is 22.7. The molecule has 6 nitrogen and oxygen atoms in total. The Morgan fingerprint density at radius 1 is 1.00 bits per heavy atom. The summed E-state index contributed by atoms with van der Waals surface area (Å²) in [4.78, 5) is 6.36. The summed E-state index contributed by atoms with van der Waals surface area (Å²) in [6, 6.07) is 19.1. The number of allylic oxidation sites excluding steroid dienone is 1. The second kappa shape index (κ2) is 9.27. The smallest absolute Gasteiger partial charge is 0.258 e. The van der Waals surface area contributed by atoms with Crippen molar-refractivity contribution in [2.45, 2.75) is 13.0 Å². The Balaban J connectivity index is 1.66. The highest BCUT2D eigenvalue weighted by molar-refractivity contribution is 7.80. The number of hydrogen-bond donors (Lipinski definition) is 1. The summed E-state index contributed by atoms with van der Waals surface area (Å²) in [7, 11) is 1.60. The van der Waals surface area contributed by atoms with Gasteiger partial charge in [-0.25, -0.2) is 8.78 Å². The van der Waals surface area contributed by atoms with Crippen LogP contribution >= 0.6 is 12.2 Å². The van der Waals surface area contributed by atoms with Gasteiger partial charge >= 0.3 is 0 Å². The van der Waals surface area contributed by atoms with Gasteiger partial charge in [-0.3, -0.25) is 4.90 Å². The fraction of sp³-hybridized carbons (Fsp3) is 0.115. The fourth-order valence-electron chi connectivity index (χ4n) is 4.07. The van der Waals surface area contributed by atoms with Crippen LogP contribution in [0.15, 0.2) is 83.0 Å². The van der Waals surface area contributed by atoms with Crippen LogP contribution in [0.3, 0.4) is 0 Å². The number of thiocarbonyl (C=S) groups is 1. The van der Waals surface area contributed by atoms with E-state index < -0.39 is 11.9 Å². The van der Waals surface area contributed by atoms with E-state index in [0.29, 0.717) is 27.7 Å². The molecule has 9 heteroatoms. The topological polar surface area (TPSA) is 63.4 Å². The van der Waals surface area contributed by atoms with E-state index in [0.717, 1.165) is 11.3 Å². The van der Waals surface area contributed by atoms with Crippen molar-refractivity contribution < 1.29 is 18.0 Å². The lowest BCUT2D eigenvalue weighted by molar-refractivity contribution is 0.403. The lowest BCUT2D eigenvalue weighted by Crippen LogP contribution is -2.46. The minimum Gasteiger partial charge on any atom is -0.497 e. The van der Waals surface area contributed by atoms with Gasteiger partial charge in [0.1, 0.15) is 17.4 Å². The van der Waals surface area contributed by atoms with Crippen LogP contribution in [0.1, 0.15) is 24.4 Å². The van der Waals surface area contributed by atoms with Crippen LogP contribution in [0.2, 0.25) is 0 Å². The molecule has 4 aromatic rings. The van der Waals surface area contributed by atoms with Gasteiger partial charge in [-0.1, -0.05) is 29.4 Å². The van der Waals surface area contributed by atoms with Crippen molar-refractivity contribution in [2.75, 3.05) is 12.0 Å². The van der Waals surface area contributed by atoms with Crippen LogP contribution in [0.5, 0.6) is 5.75 Å². The number of anilines is 1. The number of hydrogen-bond acceptors (Lipinski definition) is 5. The second-order valence-electron chi connectivity index (χ2n) is 7.90. The van der Waals surface area contributed by atoms with Crippen molar-refractivity contribution in [1.82, 2.24) is 15.5 Å². The molecule has 1 aliphatic heterocycles. The Hall–Kier alpha value is -4.11. The summed E-state index contributed by atoms with van der Waals surface area (Å²) in [6.07, 6.45) is 0. The van der Waals surface area contributed by atoms with Crippen LogP contribution in [0, 0.1) is 11.6 Å². The lowest BCUT2D eigenvalue weighted by atomic mass is 9.94. The molecular weight excluding hydrogens is 470 g/mol. The van der Waals surface area contributed by atoms with Crippen LogP contribution in [0.4, 0.5) is 14.5 Å². The van der Waals surface area contributed by atoms with E-state index in [-0.39, 0.29) is 17.5 Å². The highest BCUT2D eigenvalue weighted by atomic mass is 32.1. The number of rotatable bonds is 5. The van der Waals surface area contributed by atoms with Gasteiger partial charge in [0, 0.05) is 16.9 Å². The Morgan fingerprint density at radius 3 is 2.51 bits per heavy atom. The van der Waals surface area contributed by atoms with Crippen LogP contribution in [-0.2, 0) is 0 Å². The van der Waals surface area contributed by atoms with E-state index in [4.69, 9.17) is 21.5 Å². The highest BCUT2D eigenvalue weighted by Crippen LogP contribution is 2.39. The van der Waals surface area contributed by atoms with Gasteiger partial charge in [0.2, 0.25) is 5.82 Å². The Morgan fingerprint density at radius 2 is 1.77 bits per heavy atom. The van der Waals surface area contributed by atoms with Crippen molar-refractivity contribution in [3.8, 4) is 17.1 Å². The molecule has 0 spiro atoms. The van der Waals surface area contributed by atoms with E-state index in [9.17, 15) is 8.78 Å². The third-order valence-electron chi connectivity index (χ3n) is 5.74. The molecule has 0 saturated carbocycles. The van der Waals surface area contributed by atoms with Crippen LogP contribution < -0.4 is 15.0 Å². The number of benzene rings is 3. The maximum absolute atomic E-state index is 13.8. The first-order valence-electron chi connectivity index (χ1n) is 10.8. The first-order valence-corrected chi connectivity index (χ1v) is 11.2. The number of nitrogens with zero attached hydrogens (tertiary/aromatic N) is 3. The van der Waals surface area contributed by atoms with Gasteiger partial charge < -0.3 is 14.6 Å². The zero-order valence-electron chi connectivity index (χ0n) is 18.8. The number of methoxy groups -OCH3 is 1. The van der Waals surface area contributed by atoms with Crippen molar-refractivity contribution in [3.05, 3.63) is 102 Å². The second-order valence-corrected chi connectivity index (χ2v) is 8.29. The van der Waals surface area contributed by atoms with E-state index >= 15 is 0 Å². The van der Waals surface area contributed by atoms with Crippen molar-refractivity contribution in [1.29, 1.82) is 0 Å². The summed E-state index contributed by atoms with van der Waals surface area (Å²) in [6.45, 7) is 1.88. The van der Waals surface area contributed by atoms with Crippen LogP contribution in [-0.4, -0.2) is 22.4 Å². The summed E-state index contributed by atoms with van der Waals surface area (Å²) in [5.74, 6) is 0.435. The monoisotopic (exact) mass is 490 g/mol. The molecule has 1 atom stereocenters. The predicted molar refractivity (Wildman–Crippen MR) is 133 cm³/mol. The largest absolute Gasteiger partial charge is 0.497 e. The molecule has 35 heavy (non-hydrogen) atoms. The molecule has 3 aromatic carbocycles. The molecule has 1 N–H and O–H groups in total. The average molecular weight is 491 g/mol. The molecule has 0 radical (unpaired) electrons. The van der Waals surface area contributed by atoms with Gasteiger partial charge in [0.25, 0.3) is 5.89 Å². The molecule has 1 unspecified atom stereocenters. The number of nitrogens with one attached hydrogen (secondary N) is 1. The van der Waals surface area contributed by atoms with E-state index in [1.807, 2.05) is 31.2 Å². The standard InChI is InChI=1S/C26H20F2N4O2S/c1-15-22(25-30-24(31-34-25)17-6-3-7-19(28)13-17)23(16-5-4-8-21(14-16)33-2)29-26(35)32(15)20-11-9-18(27)10-12-20/h3-14,23H,1-2H3,(H,29,35). The van der Waals surface area contributed by atoms with Crippen molar-refractivity contribution >= 4 is 28.6 Å². The quantitative estimate of drug-likeness (QED) is 0.350. The highest BCUT2D eigenvalue weighted by Gasteiger charge is 2.35. The Bertz CT molecular complexity index is 1440. The lowest BCUT2D eigenvalue weighted by Gasteiger charge is -2.37. The normalized spacial score (nSPS) is 15.8. The predicted octanol–water partition coefficient (Wildman–Crippen LogP) is 5.89. The molecule has 2 heterocycles. The van der Waals surface area contributed by atoms with Gasteiger partial charge in [0.05, 0.1) is 18.7 Å². The SMILES string of the molecule is COc1cccc(C2NC(=S)N(c3ccc(F)cc3)C(C)=C2c2nc(-c3cccc(F)c3)no2)c1. The van der Waals surface area contributed by atoms with Gasteiger partial charge in [-0.2, -0.15) is 4.98 Å². The number of aromatic nitrogens is 2. The van der Waals surface area contributed by atoms with Crippen molar-refractivity contribution in [3.63, 3.8) is 0 Å². The molecule has 1 aromatic heterocycles. The van der Waals surface area contributed by atoms with Gasteiger partial charge in [-0.05, 0) is 73.2 Å². The molecule has 0 amide bonds. The molecule has 5 rings (SSSR count). The van der Waals surface area contributed by atoms with E-state index in [1.54, 1.807) is 36.3 Å². The Labute approximate surface area is 205 Å². The zero-order valence-corrected chi connectivity index (χ0v) is 19.6. The maximum atomic E-state index is 13.8. The van der Waals surface area contributed by atoms with E-state index in [1.165, 1.54) is 24.3 Å². The summed E-state index contributed by atoms with van der Waals surface area (Å²) < 4.78 is 38.4. The molecule has 0 bridgehead atoms. The van der Waals surface area contributed by atoms with Gasteiger partial charge in [0.15, 0.2) is 5.11 Å². The number of ether oxygens (including phenoxy) is 1. The molecule has 0 saturated heterocycles.